The van der Waals surface area contributed by atoms with Crippen LogP contribution in [0.25, 0.3) is 0 Å². The van der Waals surface area contributed by atoms with Crippen molar-refractivity contribution < 1.29 is 8.42 Å². The summed E-state index contributed by atoms with van der Waals surface area (Å²) in [7, 11) is -3.02. The van der Waals surface area contributed by atoms with Crippen molar-refractivity contribution in [1.82, 2.24) is 0 Å². The molecule has 0 unspecified atom stereocenters. The van der Waals surface area contributed by atoms with Gasteiger partial charge in [0.1, 0.15) is 5.21 Å². The molecule has 0 rings (SSSR count). The molecule has 0 radical (unpaired) electrons. The van der Waals surface area contributed by atoms with Gasteiger partial charge in [-0.1, -0.05) is 6.08 Å². The van der Waals surface area contributed by atoms with Crippen LogP contribution in [0.4, 0.5) is 0 Å². The number of alkyl halides is 1. The number of sulfone groups is 1. The fourth-order valence-electron chi connectivity index (χ4n) is 0.224. The summed E-state index contributed by atoms with van der Waals surface area (Å²) >= 11 is 5.04. The van der Waals surface area contributed by atoms with Gasteiger partial charge in [0.15, 0.2) is 9.84 Å². The Labute approximate surface area is 54.1 Å². The van der Waals surface area contributed by atoms with Crippen LogP contribution in [0.2, 0.25) is 0 Å². The van der Waals surface area contributed by atoms with Crippen molar-refractivity contribution >= 4 is 21.4 Å². The van der Waals surface area contributed by atoms with E-state index in [-0.39, 0.29) is 11.0 Å². The van der Waals surface area contributed by atoms with Gasteiger partial charge in [-0.05, 0) is 0 Å². The first-order valence-corrected chi connectivity index (χ1v) is 4.35. The summed E-state index contributed by atoms with van der Waals surface area (Å²) in [5.74, 6) is -0.0312. The molecule has 4 heteroatoms. The molecule has 0 heterocycles. The van der Waals surface area contributed by atoms with E-state index in [1.54, 1.807) is 0 Å². The summed E-state index contributed by atoms with van der Waals surface area (Å²) in [6.45, 7) is 3.26. The van der Waals surface area contributed by atoms with Gasteiger partial charge in [0.2, 0.25) is 0 Å². The Balaban J connectivity index is 3.94. The smallest absolute Gasteiger partial charge is 0.167 e. The standard InChI is InChI=1S/C4H7ClO2S/c1-2-3-8(6,7)4-5/h2H,1,3-4H2. The molecule has 0 aliphatic heterocycles. The molecule has 2 nitrogen and oxygen atoms in total. The second kappa shape index (κ2) is 3.10. The highest BCUT2D eigenvalue weighted by Crippen LogP contribution is 1.91. The molecule has 0 fully saturated rings. The van der Waals surface area contributed by atoms with Gasteiger partial charge >= 0.3 is 0 Å². The van der Waals surface area contributed by atoms with Gasteiger partial charge in [-0.3, -0.25) is 0 Å². The number of rotatable bonds is 3. The molecule has 0 aromatic rings. The van der Waals surface area contributed by atoms with Gasteiger partial charge in [0, 0.05) is 0 Å². The highest BCUT2D eigenvalue weighted by Gasteiger charge is 2.02. The van der Waals surface area contributed by atoms with Crippen molar-refractivity contribution in [2.24, 2.45) is 0 Å². The van der Waals surface area contributed by atoms with Crippen LogP contribution in [-0.2, 0) is 9.84 Å². The fourth-order valence-corrected chi connectivity index (χ4v) is 0.940. The Bertz CT molecular complexity index is 159. The third-order valence-electron chi connectivity index (χ3n) is 0.538. The quantitative estimate of drug-likeness (QED) is 0.445. The third-order valence-corrected chi connectivity index (χ3v) is 2.61. The molecule has 0 N–H and O–H groups in total. The minimum atomic E-state index is -3.02. The first-order valence-electron chi connectivity index (χ1n) is 1.99. The maximum absolute atomic E-state index is 10.4. The predicted octanol–water partition coefficient (Wildman–Crippen LogP) is 0.784. The van der Waals surface area contributed by atoms with Crippen LogP contribution in [0, 0.1) is 0 Å². The van der Waals surface area contributed by atoms with Crippen LogP contribution in [0.1, 0.15) is 0 Å². The Morgan fingerprint density at radius 2 is 2.12 bits per heavy atom. The van der Waals surface area contributed by atoms with E-state index in [1.807, 2.05) is 0 Å². The number of halogens is 1. The lowest BCUT2D eigenvalue weighted by atomic mass is 10.8. The SMILES string of the molecule is C=CCS(=O)(=O)CCl. The third kappa shape index (κ3) is 3.04. The van der Waals surface area contributed by atoms with Crippen LogP contribution in [0.5, 0.6) is 0 Å². The van der Waals surface area contributed by atoms with E-state index < -0.39 is 9.84 Å². The molecule has 0 aromatic heterocycles. The van der Waals surface area contributed by atoms with Crippen molar-refractivity contribution in [2.75, 3.05) is 11.0 Å². The lowest BCUT2D eigenvalue weighted by Crippen LogP contribution is -2.03. The first kappa shape index (κ1) is 7.98. The van der Waals surface area contributed by atoms with Gasteiger partial charge in [0.05, 0.1) is 5.75 Å². The average Bonchev–Trinajstić information content (AvgIpc) is 1.67. The van der Waals surface area contributed by atoms with Crippen LogP contribution in [0.15, 0.2) is 12.7 Å². The maximum atomic E-state index is 10.4. The lowest BCUT2D eigenvalue weighted by Gasteiger charge is -1.89. The molecule has 0 saturated carbocycles. The fraction of sp³-hybridized carbons (Fsp3) is 0.500. The van der Waals surface area contributed by atoms with Gasteiger partial charge < -0.3 is 0 Å². The summed E-state index contributed by atoms with van der Waals surface area (Å²) in [4.78, 5) is 0. The Morgan fingerprint density at radius 3 is 2.25 bits per heavy atom. The van der Waals surface area contributed by atoms with Crippen LogP contribution < -0.4 is 0 Å². The van der Waals surface area contributed by atoms with Gasteiger partial charge in [0.25, 0.3) is 0 Å². The molecule has 0 amide bonds. The van der Waals surface area contributed by atoms with E-state index in [0.717, 1.165) is 0 Å². The number of hydrogen-bond donors (Lipinski definition) is 0. The second-order valence-corrected chi connectivity index (χ2v) is 4.00. The summed E-state index contributed by atoms with van der Waals surface area (Å²) in [5, 5.41) is -0.320. The van der Waals surface area contributed by atoms with E-state index in [1.165, 1.54) is 6.08 Å². The molecule has 0 aliphatic rings. The van der Waals surface area contributed by atoms with Gasteiger partial charge in [-0.25, -0.2) is 8.42 Å². The zero-order valence-electron chi connectivity index (χ0n) is 4.30. The minimum absolute atomic E-state index is 0.0312. The van der Waals surface area contributed by atoms with E-state index in [9.17, 15) is 8.42 Å². The van der Waals surface area contributed by atoms with E-state index >= 15 is 0 Å². The molecule has 0 atom stereocenters. The maximum Gasteiger partial charge on any atom is 0.167 e. The molecule has 0 bridgehead atoms. The molecular weight excluding hydrogens is 148 g/mol. The summed E-state index contributed by atoms with van der Waals surface area (Å²) in [5.41, 5.74) is 0. The normalized spacial score (nSPS) is 11.1. The van der Waals surface area contributed by atoms with Gasteiger partial charge in [-0.2, -0.15) is 0 Å². The van der Waals surface area contributed by atoms with E-state index in [4.69, 9.17) is 11.6 Å². The summed E-state index contributed by atoms with van der Waals surface area (Å²) < 4.78 is 20.8. The molecule has 0 spiro atoms. The monoisotopic (exact) mass is 154 g/mol. The molecule has 8 heavy (non-hydrogen) atoms. The summed E-state index contributed by atoms with van der Waals surface area (Å²) in [6.07, 6.45) is 1.32. The average molecular weight is 155 g/mol. The summed E-state index contributed by atoms with van der Waals surface area (Å²) in [6, 6.07) is 0. The van der Waals surface area contributed by atoms with Crippen LogP contribution in [0.3, 0.4) is 0 Å². The minimum Gasteiger partial charge on any atom is -0.227 e. The van der Waals surface area contributed by atoms with Crippen LogP contribution in [-0.4, -0.2) is 19.4 Å². The van der Waals surface area contributed by atoms with Gasteiger partial charge in [-0.15, -0.1) is 18.2 Å². The van der Waals surface area contributed by atoms with E-state index in [0.29, 0.717) is 0 Å². The Morgan fingerprint density at radius 1 is 1.62 bits per heavy atom. The second-order valence-electron chi connectivity index (χ2n) is 1.31. The van der Waals surface area contributed by atoms with Crippen molar-refractivity contribution in [2.45, 2.75) is 0 Å². The molecule has 0 aliphatic carbocycles. The molecule has 0 saturated heterocycles. The van der Waals surface area contributed by atoms with Crippen molar-refractivity contribution in [3.8, 4) is 0 Å². The molecule has 0 aromatic carbocycles. The molecule has 48 valence electrons. The zero-order valence-corrected chi connectivity index (χ0v) is 5.87. The number of hydrogen-bond acceptors (Lipinski definition) is 2. The highest BCUT2D eigenvalue weighted by atomic mass is 35.5. The van der Waals surface area contributed by atoms with Crippen molar-refractivity contribution in [1.29, 1.82) is 0 Å². The zero-order chi connectivity index (χ0) is 6.62. The van der Waals surface area contributed by atoms with Crippen molar-refractivity contribution in [3.05, 3.63) is 12.7 Å². The van der Waals surface area contributed by atoms with Crippen molar-refractivity contribution in [3.63, 3.8) is 0 Å². The Kier molecular flexibility index (Phi) is 3.09. The highest BCUT2D eigenvalue weighted by molar-refractivity contribution is 7.92. The Hall–Kier alpha value is -0.0200. The van der Waals surface area contributed by atoms with Crippen LogP contribution >= 0.6 is 11.6 Å². The van der Waals surface area contributed by atoms with E-state index in [2.05, 4.69) is 6.58 Å². The topological polar surface area (TPSA) is 34.1 Å². The predicted molar refractivity (Wildman–Crippen MR) is 34.7 cm³/mol. The molecular formula is C4H7ClO2S. The first-order chi connectivity index (χ1) is 3.62. The lowest BCUT2D eigenvalue weighted by molar-refractivity contribution is 0.603. The largest absolute Gasteiger partial charge is 0.227 e.